The van der Waals surface area contributed by atoms with Crippen molar-refractivity contribution < 1.29 is 32.1 Å². The van der Waals surface area contributed by atoms with Crippen LogP contribution in [-0.2, 0) is 24.3 Å². The van der Waals surface area contributed by atoms with Crippen molar-refractivity contribution in [2.24, 2.45) is 0 Å². The van der Waals surface area contributed by atoms with E-state index in [4.69, 9.17) is 4.74 Å². The molecule has 1 amide bonds. The summed E-state index contributed by atoms with van der Waals surface area (Å²) in [4.78, 5) is 34.4. The summed E-state index contributed by atoms with van der Waals surface area (Å²) in [5.41, 5.74) is 0.379. The average molecular weight is 465 g/mol. The molecule has 0 spiro atoms. The monoisotopic (exact) mass is 465 g/mol. The summed E-state index contributed by atoms with van der Waals surface area (Å²) in [7, 11) is -4.27. The maximum Gasteiger partial charge on any atom is 0.324 e. The molecular weight excluding hydrogens is 445 g/mol. The van der Waals surface area contributed by atoms with E-state index in [0.29, 0.717) is 12.0 Å². The Morgan fingerprint density at radius 1 is 1.28 bits per heavy atom. The van der Waals surface area contributed by atoms with Crippen molar-refractivity contribution in [1.29, 1.82) is 0 Å². The number of benzene rings is 2. The fourth-order valence-corrected chi connectivity index (χ4v) is 5.07. The van der Waals surface area contributed by atoms with Crippen LogP contribution in [0.15, 0.2) is 47.4 Å². The number of nitro benzene ring substituents is 1. The van der Waals surface area contributed by atoms with E-state index in [0.717, 1.165) is 16.4 Å². The summed E-state index contributed by atoms with van der Waals surface area (Å²) in [6.45, 7) is 0.842. The Bertz CT molecular complexity index is 1170. The van der Waals surface area contributed by atoms with E-state index in [1.54, 1.807) is 6.92 Å². The van der Waals surface area contributed by atoms with Crippen LogP contribution in [0, 0.1) is 22.9 Å². The third kappa shape index (κ3) is 4.92. The van der Waals surface area contributed by atoms with Gasteiger partial charge in [-0.2, -0.15) is 4.31 Å². The average Bonchev–Trinajstić information content (AvgIpc) is 3.24. The molecule has 1 saturated heterocycles. The van der Waals surface area contributed by atoms with Crippen molar-refractivity contribution in [3.63, 3.8) is 0 Å². The minimum Gasteiger partial charge on any atom is -0.454 e. The van der Waals surface area contributed by atoms with Crippen LogP contribution in [0.4, 0.5) is 15.8 Å². The summed E-state index contributed by atoms with van der Waals surface area (Å²) in [5.74, 6) is -2.62. The van der Waals surface area contributed by atoms with Crippen LogP contribution >= 0.6 is 0 Å². The predicted octanol–water partition coefficient (Wildman–Crippen LogP) is 2.38. The molecule has 1 aliphatic rings. The first-order valence-electron chi connectivity index (χ1n) is 9.59. The largest absolute Gasteiger partial charge is 0.454 e. The van der Waals surface area contributed by atoms with Crippen molar-refractivity contribution in [3.8, 4) is 0 Å². The van der Waals surface area contributed by atoms with Gasteiger partial charge in [-0.25, -0.2) is 12.8 Å². The normalized spacial score (nSPS) is 16.5. The molecular formula is C20H20FN3O7S. The molecule has 32 heavy (non-hydrogen) atoms. The van der Waals surface area contributed by atoms with Gasteiger partial charge in [-0.1, -0.05) is 18.2 Å². The number of nitro groups is 1. The lowest BCUT2D eigenvalue weighted by molar-refractivity contribution is -0.385. The number of carbonyl (C=O) groups is 2. The Kier molecular flexibility index (Phi) is 6.84. The maximum atomic E-state index is 14.0. The van der Waals surface area contributed by atoms with Crippen LogP contribution in [0.5, 0.6) is 0 Å². The van der Waals surface area contributed by atoms with Gasteiger partial charge in [0.25, 0.3) is 11.6 Å². The number of amides is 1. The Morgan fingerprint density at radius 3 is 2.69 bits per heavy atom. The number of sulfonamides is 1. The molecule has 1 heterocycles. The molecule has 0 aliphatic carbocycles. The highest BCUT2D eigenvalue weighted by molar-refractivity contribution is 7.89. The lowest BCUT2D eigenvalue weighted by atomic mass is 10.2. The van der Waals surface area contributed by atoms with Crippen LogP contribution in [0.1, 0.15) is 18.4 Å². The number of carbonyl (C=O) groups excluding carboxylic acids is 2. The van der Waals surface area contributed by atoms with Gasteiger partial charge >= 0.3 is 5.97 Å². The van der Waals surface area contributed by atoms with Gasteiger partial charge in [0.15, 0.2) is 6.61 Å². The van der Waals surface area contributed by atoms with Gasteiger partial charge in [0.1, 0.15) is 16.8 Å². The fraction of sp³-hybridized carbons (Fsp3) is 0.300. The first kappa shape index (κ1) is 23.3. The molecule has 1 atom stereocenters. The molecule has 170 valence electrons. The SMILES string of the molecule is Cc1ccc(NC(=O)COC(=O)C2CCCN2S(=O)(=O)c2ccccc2F)cc1[N+](=O)[O-]. The van der Waals surface area contributed by atoms with E-state index in [2.05, 4.69) is 5.32 Å². The zero-order valence-corrected chi connectivity index (χ0v) is 17.8. The molecule has 0 bridgehead atoms. The molecule has 12 heteroatoms. The number of rotatable bonds is 7. The zero-order valence-electron chi connectivity index (χ0n) is 17.0. The second-order valence-corrected chi connectivity index (χ2v) is 8.98. The number of aryl methyl sites for hydroxylation is 1. The highest BCUT2D eigenvalue weighted by atomic mass is 32.2. The minimum absolute atomic E-state index is 0.00959. The van der Waals surface area contributed by atoms with Gasteiger partial charge in [-0.3, -0.25) is 19.7 Å². The standard InChI is InChI=1S/C20H20FN3O7S/c1-13-8-9-14(11-17(13)24(27)28)22-19(25)12-31-20(26)16-6-4-10-23(16)32(29,30)18-7-3-2-5-15(18)21/h2-3,5,7-9,11,16H,4,6,10,12H2,1H3,(H,22,25). The second-order valence-electron chi connectivity index (χ2n) is 7.12. The van der Waals surface area contributed by atoms with Crippen LogP contribution < -0.4 is 5.32 Å². The quantitative estimate of drug-likeness (QED) is 0.377. The van der Waals surface area contributed by atoms with Gasteiger partial charge < -0.3 is 10.1 Å². The summed E-state index contributed by atoms with van der Waals surface area (Å²) in [6.07, 6.45) is 0.533. The Morgan fingerprint density at radius 2 is 2.00 bits per heavy atom. The number of hydrogen-bond acceptors (Lipinski definition) is 7. The van der Waals surface area contributed by atoms with Crippen LogP contribution in [0.25, 0.3) is 0 Å². The van der Waals surface area contributed by atoms with Gasteiger partial charge in [0.05, 0.1) is 4.92 Å². The number of nitrogens with one attached hydrogen (secondary N) is 1. The molecule has 1 fully saturated rings. The van der Waals surface area contributed by atoms with Crippen molar-refractivity contribution in [3.05, 3.63) is 64.0 Å². The molecule has 0 aromatic heterocycles. The Labute approximate surface area is 183 Å². The number of halogens is 1. The van der Waals surface area contributed by atoms with Crippen LogP contribution in [0.2, 0.25) is 0 Å². The Balaban J connectivity index is 1.64. The number of esters is 1. The van der Waals surface area contributed by atoms with Crippen LogP contribution in [-0.4, -0.2) is 48.7 Å². The summed E-state index contributed by atoms with van der Waals surface area (Å²) in [6, 6.07) is 7.76. The Hall–Kier alpha value is -3.38. The molecule has 3 rings (SSSR count). The molecule has 0 radical (unpaired) electrons. The second kappa shape index (κ2) is 9.40. The van der Waals surface area contributed by atoms with E-state index >= 15 is 0 Å². The van der Waals surface area contributed by atoms with Crippen LogP contribution in [0.3, 0.4) is 0 Å². The maximum absolute atomic E-state index is 14.0. The van der Waals surface area contributed by atoms with E-state index in [9.17, 15) is 32.5 Å². The number of hydrogen-bond donors (Lipinski definition) is 1. The lowest BCUT2D eigenvalue weighted by Gasteiger charge is -2.22. The molecule has 1 unspecified atom stereocenters. The molecule has 1 aliphatic heterocycles. The van der Waals surface area contributed by atoms with Gasteiger partial charge in [-0.15, -0.1) is 0 Å². The molecule has 2 aromatic carbocycles. The minimum atomic E-state index is -4.27. The first-order chi connectivity index (χ1) is 15.1. The molecule has 0 saturated carbocycles. The van der Waals surface area contributed by atoms with E-state index in [-0.39, 0.29) is 24.3 Å². The molecule has 1 N–H and O–H groups in total. The summed E-state index contributed by atoms with van der Waals surface area (Å²) >= 11 is 0. The number of nitrogens with zero attached hydrogens (tertiary/aromatic N) is 2. The van der Waals surface area contributed by atoms with Gasteiger partial charge in [0, 0.05) is 23.9 Å². The number of ether oxygens (including phenoxy) is 1. The third-order valence-corrected chi connectivity index (χ3v) is 6.88. The van der Waals surface area contributed by atoms with Crippen molar-refractivity contribution in [2.45, 2.75) is 30.7 Å². The first-order valence-corrected chi connectivity index (χ1v) is 11.0. The smallest absolute Gasteiger partial charge is 0.324 e. The lowest BCUT2D eigenvalue weighted by Crippen LogP contribution is -2.42. The summed E-state index contributed by atoms with van der Waals surface area (Å²) < 4.78 is 45.5. The van der Waals surface area contributed by atoms with Gasteiger partial charge in [0.2, 0.25) is 10.0 Å². The molecule has 10 nitrogen and oxygen atoms in total. The van der Waals surface area contributed by atoms with Crippen molar-refractivity contribution >= 4 is 33.3 Å². The predicted molar refractivity (Wildman–Crippen MR) is 111 cm³/mol. The fourth-order valence-electron chi connectivity index (χ4n) is 3.36. The molecule has 2 aromatic rings. The van der Waals surface area contributed by atoms with E-state index < -0.39 is 50.2 Å². The third-order valence-electron chi connectivity index (χ3n) is 4.93. The van der Waals surface area contributed by atoms with Gasteiger partial charge in [-0.05, 0) is 38.0 Å². The van der Waals surface area contributed by atoms with E-state index in [1.165, 1.54) is 30.3 Å². The summed E-state index contributed by atoms with van der Waals surface area (Å²) in [5, 5.41) is 13.4. The highest BCUT2D eigenvalue weighted by Crippen LogP contribution is 2.28. The zero-order chi connectivity index (χ0) is 23.5. The van der Waals surface area contributed by atoms with Crippen molar-refractivity contribution in [1.82, 2.24) is 4.31 Å². The number of anilines is 1. The topological polar surface area (TPSA) is 136 Å². The van der Waals surface area contributed by atoms with Crippen molar-refractivity contribution in [2.75, 3.05) is 18.5 Å². The highest BCUT2D eigenvalue weighted by Gasteiger charge is 2.41. The van der Waals surface area contributed by atoms with E-state index in [1.807, 2.05) is 0 Å².